The summed E-state index contributed by atoms with van der Waals surface area (Å²) in [4.78, 5) is 12.9. The van der Waals surface area contributed by atoms with Gasteiger partial charge in [0.15, 0.2) is 0 Å². The van der Waals surface area contributed by atoms with Gasteiger partial charge < -0.3 is 5.32 Å². The van der Waals surface area contributed by atoms with Gasteiger partial charge in [-0.1, -0.05) is 78.9 Å². The molecule has 4 aromatic rings. The van der Waals surface area contributed by atoms with Crippen LogP contribution < -0.4 is 10.0 Å². The molecule has 0 aromatic heterocycles. The van der Waals surface area contributed by atoms with Crippen molar-refractivity contribution >= 4 is 15.9 Å². The molecule has 4 rings (SSSR count). The van der Waals surface area contributed by atoms with Gasteiger partial charge in [0.05, 0.1) is 4.90 Å². The van der Waals surface area contributed by atoms with Crippen molar-refractivity contribution in [2.75, 3.05) is 0 Å². The highest BCUT2D eigenvalue weighted by Crippen LogP contribution is 2.28. The summed E-state index contributed by atoms with van der Waals surface area (Å²) >= 11 is 0. The first kappa shape index (κ1) is 23.4. The Bertz CT molecular complexity index is 1410. The molecule has 5 nitrogen and oxygen atoms in total. The molecule has 4 aromatic carbocycles. The maximum absolute atomic E-state index is 13.5. The maximum atomic E-state index is 13.5. The van der Waals surface area contributed by atoms with E-state index in [2.05, 4.69) is 10.0 Å². The first-order chi connectivity index (χ1) is 16.4. The van der Waals surface area contributed by atoms with Crippen molar-refractivity contribution in [2.24, 2.45) is 0 Å². The molecule has 172 valence electrons. The van der Waals surface area contributed by atoms with E-state index in [0.717, 1.165) is 17.2 Å². The molecule has 0 heterocycles. The average molecular weight is 475 g/mol. The van der Waals surface area contributed by atoms with Gasteiger partial charge in [-0.3, -0.25) is 4.79 Å². The SMILES string of the molecule is O=C(NCc1ccccc1)c1ccccc1-c1ccccc1CNS(=O)(=O)c1cccc(F)c1. The first-order valence-corrected chi connectivity index (χ1v) is 12.2. The molecule has 0 unspecified atom stereocenters. The Balaban J connectivity index is 1.57. The third kappa shape index (κ3) is 5.57. The molecule has 7 heteroatoms. The Morgan fingerprint density at radius 2 is 1.41 bits per heavy atom. The highest BCUT2D eigenvalue weighted by molar-refractivity contribution is 7.89. The highest BCUT2D eigenvalue weighted by atomic mass is 32.2. The Hall–Kier alpha value is -3.81. The quantitative estimate of drug-likeness (QED) is 0.381. The molecule has 0 fully saturated rings. The fourth-order valence-electron chi connectivity index (χ4n) is 3.62. The highest BCUT2D eigenvalue weighted by Gasteiger charge is 2.18. The summed E-state index contributed by atoms with van der Waals surface area (Å²) in [6, 6.07) is 28.9. The lowest BCUT2D eigenvalue weighted by Gasteiger charge is -2.15. The number of carbonyl (C=O) groups is 1. The summed E-state index contributed by atoms with van der Waals surface area (Å²) in [7, 11) is -3.91. The third-order valence-corrected chi connectivity index (χ3v) is 6.73. The predicted molar refractivity (Wildman–Crippen MR) is 130 cm³/mol. The number of rotatable bonds is 8. The van der Waals surface area contributed by atoms with Crippen molar-refractivity contribution in [1.82, 2.24) is 10.0 Å². The lowest BCUT2D eigenvalue weighted by Crippen LogP contribution is -2.24. The molecule has 0 saturated heterocycles. The largest absolute Gasteiger partial charge is 0.348 e. The molecular weight excluding hydrogens is 451 g/mol. The molecule has 34 heavy (non-hydrogen) atoms. The molecule has 0 bridgehead atoms. The Morgan fingerprint density at radius 3 is 2.18 bits per heavy atom. The second-order valence-corrected chi connectivity index (χ2v) is 9.42. The Morgan fingerprint density at radius 1 is 0.735 bits per heavy atom. The number of halogens is 1. The van der Waals surface area contributed by atoms with Crippen LogP contribution in [0.3, 0.4) is 0 Å². The molecule has 0 aliphatic carbocycles. The van der Waals surface area contributed by atoms with Crippen LogP contribution in [0.25, 0.3) is 11.1 Å². The number of carbonyl (C=O) groups excluding carboxylic acids is 1. The van der Waals surface area contributed by atoms with Crippen molar-refractivity contribution < 1.29 is 17.6 Å². The molecule has 0 atom stereocenters. The second-order valence-electron chi connectivity index (χ2n) is 7.65. The Kier molecular flexibility index (Phi) is 7.15. The lowest BCUT2D eigenvalue weighted by atomic mass is 9.95. The van der Waals surface area contributed by atoms with E-state index in [9.17, 15) is 17.6 Å². The summed E-state index contributed by atoms with van der Waals surface area (Å²) in [5, 5.41) is 2.94. The van der Waals surface area contributed by atoms with Gasteiger partial charge >= 0.3 is 0 Å². The smallest absolute Gasteiger partial charge is 0.252 e. The van der Waals surface area contributed by atoms with Gasteiger partial charge in [-0.2, -0.15) is 0 Å². The van der Waals surface area contributed by atoms with Crippen LogP contribution in [0.5, 0.6) is 0 Å². The summed E-state index contributed by atoms with van der Waals surface area (Å²) in [5.74, 6) is -0.853. The zero-order chi connectivity index (χ0) is 24.0. The molecule has 0 radical (unpaired) electrons. The predicted octanol–water partition coefficient (Wildman–Crippen LogP) is 4.90. The summed E-state index contributed by atoms with van der Waals surface area (Å²) in [6.07, 6.45) is 0. The van der Waals surface area contributed by atoms with Crippen molar-refractivity contribution in [3.63, 3.8) is 0 Å². The summed E-state index contributed by atoms with van der Waals surface area (Å²) < 4.78 is 41.4. The first-order valence-electron chi connectivity index (χ1n) is 10.7. The second kappa shape index (κ2) is 10.4. The molecule has 2 N–H and O–H groups in total. The van der Waals surface area contributed by atoms with E-state index in [1.165, 1.54) is 18.2 Å². The van der Waals surface area contributed by atoms with Crippen molar-refractivity contribution in [3.8, 4) is 11.1 Å². The van der Waals surface area contributed by atoms with Crippen LogP contribution in [0.15, 0.2) is 108 Å². The number of hydrogen-bond donors (Lipinski definition) is 2. The molecule has 0 aliphatic rings. The van der Waals surface area contributed by atoms with Gasteiger partial charge in [-0.25, -0.2) is 17.5 Å². The van der Waals surface area contributed by atoms with Gasteiger partial charge in [0.25, 0.3) is 5.91 Å². The van der Waals surface area contributed by atoms with Gasteiger partial charge in [-0.05, 0) is 46.5 Å². The van der Waals surface area contributed by atoms with Gasteiger partial charge in [0.1, 0.15) is 5.82 Å². The average Bonchev–Trinajstić information content (AvgIpc) is 2.87. The Labute approximate surface area is 198 Å². The van der Waals surface area contributed by atoms with E-state index in [-0.39, 0.29) is 17.3 Å². The summed E-state index contributed by atoms with van der Waals surface area (Å²) in [5.41, 5.74) is 3.58. The summed E-state index contributed by atoms with van der Waals surface area (Å²) in [6.45, 7) is 0.373. The molecule has 0 saturated carbocycles. The van der Waals surface area contributed by atoms with E-state index >= 15 is 0 Å². The van der Waals surface area contributed by atoms with Crippen LogP contribution in [-0.2, 0) is 23.1 Å². The maximum Gasteiger partial charge on any atom is 0.252 e. The van der Waals surface area contributed by atoms with E-state index in [0.29, 0.717) is 23.2 Å². The minimum Gasteiger partial charge on any atom is -0.348 e. The number of nitrogens with one attached hydrogen (secondary N) is 2. The minimum atomic E-state index is -3.91. The third-order valence-electron chi connectivity index (χ3n) is 5.33. The van der Waals surface area contributed by atoms with E-state index in [4.69, 9.17) is 0 Å². The molecule has 0 spiro atoms. The van der Waals surface area contributed by atoms with Gasteiger partial charge in [-0.15, -0.1) is 0 Å². The van der Waals surface area contributed by atoms with Crippen molar-refractivity contribution in [1.29, 1.82) is 0 Å². The van der Waals surface area contributed by atoms with E-state index in [1.54, 1.807) is 24.3 Å². The zero-order valence-electron chi connectivity index (χ0n) is 18.2. The van der Waals surface area contributed by atoms with Crippen LogP contribution in [0, 0.1) is 5.82 Å². The van der Waals surface area contributed by atoms with Crippen LogP contribution >= 0.6 is 0 Å². The molecule has 1 amide bonds. The normalized spacial score (nSPS) is 11.2. The van der Waals surface area contributed by atoms with Gasteiger partial charge in [0.2, 0.25) is 10.0 Å². The number of sulfonamides is 1. The monoisotopic (exact) mass is 474 g/mol. The van der Waals surface area contributed by atoms with Crippen molar-refractivity contribution in [2.45, 2.75) is 18.0 Å². The fraction of sp³-hybridized carbons (Fsp3) is 0.0741. The number of hydrogen-bond acceptors (Lipinski definition) is 3. The topological polar surface area (TPSA) is 75.3 Å². The molecular formula is C27H23FN2O3S. The van der Waals surface area contributed by atoms with Crippen LogP contribution in [0.4, 0.5) is 4.39 Å². The number of benzene rings is 4. The van der Waals surface area contributed by atoms with Crippen molar-refractivity contribution in [3.05, 3.63) is 126 Å². The minimum absolute atomic E-state index is 0.0189. The van der Waals surface area contributed by atoms with E-state index < -0.39 is 15.8 Å². The number of amides is 1. The fourth-order valence-corrected chi connectivity index (χ4v) is 4.65. The van der Waals surface area contributed by atoms with Crippen LogP contribution in [0.2, 0.25) is 0 Å². The standard InChI is InChI=1S/C27H23FN2O3S/c28-22-12-8-13-23(17-22)34(32,33)30-19-21-11-4-5-14-24(21)25-15-6-7-16-26(25)27(31)29-18-20-9-2-1-3-10-20/h1-17,30H,18-19H2,(H,29,31). The molecule has 0 aliphatic heterocycles. The van der Waals surface area contributed by atoms with Crippen LogP contribution in [0.1, 0.15) is 21.5 Å². The van der Waals surface area contributed by atoms with Crippen LogP contribution in [-0.4, -0.2) is 14.3 Å². The van der Waals surface area contributed by atoms with E-state index in [1.807, 2.05) is 54.6 Å². The zero-order valence-corrected chi connectivity index (χ0v) is 19.1. The lowest BCUT2D eigenvalue weighted by molar-refractivity contribution is 0.0951. The van der Waals surface area contributed by atoms with Gasteiger partial charge in [0, 0.05) is 18.7 Å².